The number of anilines is 1. The lowest BCUT2D eigenvalue weighted by Crippen LogP contribution is -2.50. The SMILES string of the molecule is O=C(COc1ccc(Cl)cc1[N+](=O)[O-])N1CCN(c2ncccn2)CC1. The third-order valence-corrected chi connectivity index (χ3v) is 4.17. The van der Waals surface area contributed by atoms with E-state index in [0.717, 1.165) is 0 Å². The Labute approximate surface area is 154 Å². The summed E-state index contributed by atoms with van der Waals surface area (Å²) in [5, 5.41) is 11.3. The van der Waals surface area contributed by atoms with Crippen LogP contribution in [0, 0.1) is 10.1 Å². The second-order valence-corrected chi connectivity index (χ2v) is 6.01. The van der Waals surface area contributed by atoms with Crippen molar-refractivity contribution < 1.29 is 14.5 Å². The number of carbonyl (C=O) groups is 1. The average molecular weight is 378 g/mol. The number of benzene rings is 1. The molecule has 1 saturated heterocycles. The third-order valence-electron chi connectivity index (χ3n) is 3.94. The average Bonchev–Trinajstić information content (AvgIpc) is 2.67. The van der Waals surface area contributed by atoms with Crippen LogP contribution < -0.4 is 9.64 Å². The minimum absolute atomic E-state index is 0.0177. The Balaban J connectivity index is 1.55. The molecule has 0 N–H and O–H groups in total. The molecule has 0 bridgehead atoms. The Hall–Kier alpha value is -2.94. The van der Waals surface area contributed by atoms with Gasteiger partial charge in [-0.1, -0.05) is 11.6 Å². The second-order valence-electron chi connectivity index (χ2n) is 5.57. The fraction of sp³-hybridized carbons (Fsp3) is 0.312. The summed E-state index contributed by atoms with van der Waals surface area (Å²) in [7, 11) is 0. The summed E-state index contributed by atoms with van der Waals surface area (Å²) in [6, 6.07) is 5.81. The zero-order valence-corrected chi connectivity index (χ0v) is 14.5. The van der Waals surface area contributed by atoms with Crippen LogP contribution in [0.25, 0.3) is 0 Å². The largest absolute Gasteiger partial charge is 0.477 e. The molecular weight excluding hydrogens is 362 g/mol. The first-order valence-electron chi connectivity index (χ1n) is 7.91. The monoisotopic (exact) mass is 377 g/mol. The van der Waals surface area contributed by atoms with E-state index in [1.165, 1.54) is 18.2 Å². The van der Waals surface area contributed by atoms with Gasteiger partial charge in [0.15, 0.2) is 12.4 Å². The lowest BCUT2D eigenvalue weighted by atomic mass is 10.3. The van der Waals surface area contributed by atoms with E-state index in [1.807, 2.05) is 4.90 Å². The Morgan fingerprint density at radius 1 is 1.23 bits per heavy atom. The summed E-state index contributed by atoms with van der Waals surface area (Å²) in [6.07, 6.45) is 3.35. The maximum atomic E-state index is 12.3. The second kappa shape index (κ2) is 7.96. The van der Waals surface area contributed by atoms with Crippen molar-refractivity contribution >= 4 is 29.1 Å². The number of ether oxygens (including phenoxy) is 1. The number of carbonyl (C=O) groups excluding carboxylic acids is 1. The van der Waals surface area contributed by atoms with Crippen LogP contribution in [0.1, 0.15) is 0 Å². The zero-order chi connectivity index (χ0) is 18.5. The number of amides is 1. The van der Waals surface area contributed by atoms with Gasteiger partial charge in [0.1, 0.15) is 0 Å². The van der Waals surface area contributed by atoms with E-state index in [2.05, 4.69) is 9.97 Å². The number of aromatic nitrogens is 2. The van der Waals surface area contributed by atoms with Gasteiger partial charge in [-0.3, -0.25) is 14.9 Å². The Morgan fingerprint density at radius 2 is 1.92 bits per heavy atom. The molecule has 2 aromatic rings. The molecule has 2 heterocycles. The molecule has 0 unspecified atom stereocenters. The van der Waals surface area contributed by atoms with Crippen molar-refractivity contribution in [2.24, 2.45) is 0 Å². The minimum atomic E-state index is -0.593. The van der Waals surface area contributed by atoms with E-state index in [9.17, 15) is 14.9 Å². The summed E-state index contributed by atoms with van der Waals surface area (Å²) in [5.41, 5.74) is -0.267. The highest BCUT2D eigenvalue weighted by molar-refractivity contribution is 6.30. The van der Waals surface area contributed by atoms with Crippen molar-refractivity contribution in [3.63, 3.8) is 0 Å². The molecule has 136 valence electrons. The number of nitrogens with zero attached hydrogens (tertiary/aromatic N) is 5. The van der Waals surface area contributed by atoms with Crippen molar-refractivity contribution in [1.82, 2.24) is 14.9 Å². The minimum Gasteiger partial charge on any atom is -0.477 e. The van der Waals surface area contributed by atoms with Gasteiger partial charge >= 0.3 is 5.69 Å². The smallest absolute Gasteiger partial charge is 0.312 e. The summed E-state index contributed by atoms with van der Waals surface area (Å²) >= 11 is 5.76. The van der Waals surface area contributed by atoms with Crippen LogP contribution in [0.5, 0.6) is 5.75 Å². The van der Waals surface area contributed by atoms with Gasteiger partial charge in [-0.05, 0) is 18.2 Å². The standard InChI is InChI=1S/C16H16ClN5O4/c17-12-2-3-14(13(10-12)22(24)25)26-11-15(23)20-6-8-21(9-7-20)16-18-4-1-5-19-16/h1-5,10H,6-9,11H2. The summed E-state index contributed by atoms with van der Waals surface area (Å²) in [5.74, 6) is 0.416. The maximum Gasteiger partial charge on any atom is 0.312 e. The van der Waals surface area contributed by atoms with E-state index >= 15 is 0 Å². The fourth-order valence-corrected chi connectivity index (χ4v) is 2.76. The fourth-order valence-electron chi connectivity index (χ4n) is 2.60. The molecule has 0 saturated carbocycles. The highest BCUT2D eigenvalue weighted by Gasteiger charge is 2.24. The predicted molar refractivity (Wildman–Crippen MR) is 94.4 cm³/mol. The van der Waals surface area contributed by atoms with Crippen LogP contribution in [0.3, 0.4) is 0 Å². The van der Waals surface area contributed by atoms with E-state index < -0.39 is 4.92 Å². The van der Waals surface area contributed by atoms with Crippen molar-refractivity contribution in [3.8, 4) is 5.75 Å². The van der Waals surface area contributed by atoms with Crippen LogP contribution >= 0.6 is 11.6 Å². The number of piperazine rings is 1. The van der Waals surface area contributed by atoms with Crippen molar-refractivity contribution in [2.45, 2.75) is 0 Å². The van der Waals surface area contributed by atoms with Gasteiger partial charge in [0, 0.05) is 49.7 Å². The molecule has 9 nitrogen and oxygen atoms in total. The maximum absolute atomic E-state index is 12.3. The number of rotatable bonds is 5. The predicted octanol–water partition coefficient (Wildman–Crippen LogP) is 1.77. The van der Waals surface area contributed by atoms with E-state index in [1.54, 1.807) is 23.4 Å². The molecule has 26 heavy (non-hydrogen) atoms. The first-order chi connectivity index (χ1) is 12.5. The third kappa shape index (κ3) is 4.17. The van der Waals surface area contributed by atoms with Gasteiger partial charge in [0.05, 0.1) is 4.92 Å². The van der Waals surface area contributed by atoms with Crippen molar-refractivity contribution in [1.29, 1.82) is 0 Å². The van der Waals surface area contributed by atoms with Gasteiger partial charge in [-0.15, -0.1) is 0 Å². The molecule has 10 heteroatoms. The first kappa shape index (κ1) is 17.9. The van der Waals surface area contributed by atoms with Crippen LogP contribution in [0.15, 0.2) is 36.7 Å². The molecule has 0 radical (unpaired) electrons. The van der Waals surface area contributed by atoms with Crippen LogP contribution in [0.2, 0.25) is 5.02 Å². The molecule has 1 aromatic carbocycles. The molecule has 1 aliphatic heterocycles. The number of halogens is 1. The van der Waals surface area contributed by atoms with Crippen LogP contribution in [-0.2, 0) is 4.79 Å². The number of nitro groups is 1. The topological polar surface area (TPSA) is 102 Å². The lowest BCUT2D eigenvalue weighted by Gasteiger charge is -2.34. The van der Waals surface area contributed by atoms with Crippen LogP contribution in [0.4, 0.5) is 11.6 Å². The van der Waals surface area contributed by atoms with E-state index in [-0.39, 0.29) is 29.0 Å². The molecule has 0 atom stereocenters. The molecule has 1 fully saturated rings. The lowest BCUT2D eigenvalue weighted by molar-refractivity contribution is -0.385. The number of nitro benzene ring substituents is 1. The molecule has 1 amide bonds. The van der Waals surface area contributed by atoms with Gasteiger partial charge in [0.25, 0.3) is 5.91 Å². The first-order valence-corrected chi connectivity index (χ1v) is 8.29. The van der Waals surface area contributed by atoms with E-state index in [0.29, 0.717) is 32.1 Å². The Kier molecular flexibility index (Phi) is 5.47. The summed E-state index contributed by atoms with van der Waals surface area (Å²) < 4.78 is 5.35. The van der Waals surface area contributed by atoms with Crippen LogP contribution in [-0.4, -0.2) is 58.5 Å². The summed E-state index contributed by atoms with van der Waals surface area (Å²) in [4.78, 5) is 34.8. The van der Waals surface area contributed by atoms with Gasteiger partial charge in [-0.2, -0.15) is 0 Å². The molecule has 3 rings (SSSR count). The number of hydrogen-bond acceptors (Lipinski definition) is 7. The number of hydrogen-bond donors (Lipinski definition) is 0. The van der Waals surface area contributed by atoms with Gasteiger partial charge in [-0.25, -0.2) is 9.97 Å². The molecular formula is C16H16ClN5O4. The Morgan fingerprint density at radius 3 is 2.58 bits per heavy atom. The van der Waals surface area contributed by atoms with E-state index in [4.69, 9.17) is 16.3 Å². The van der Waals surface area contributed by atoms with Gasteiger partial charge in [0.2, 0.25) is 5.95 Å². The van der Waals surface area contributed by atoms with Crippen molar-refractivity contribution in [2.75, 3.05) is 37.7 Å². The highest BCUT2D eigenvalue weighted by Crippen LogP contribution is 2.29. The Bertz CT molecular complexity index is 796. The quantitative estimate of drug-likeness (QED) is 0.578. The zero-order valence-electron chi connectivity index (χ0n) is 13.7. The summed E-state index contributed by atoms with van der Waals surface area (Å²) in [6.45, 7) is 1.95. The van der Waals surface area contributed by atoms with Crippen molar-refractivity contribution in [3.05, 3.63) is 51.8 Å². The molecule has 0 aliphatic carbocycles. The normalized spacial score (nSPS) is 14.2. The molecule has 0 spiro atoms. The highest BCUT2D eigenvalue weighted by atomic mass is 35.5. The molecule has 1 aliphatic rings. The van der Waals surface area contributed by atoms with Gasteiger partial charge < -0.3 is 14.5 Å². The molecule has 1 aromatic heterocycles.